The lowest BCUT2D eigenvalue weighted by atomic mass is 9.89. The average molecular weight is 415 g/mol. The minimum atomic E-state index is -0.677. The van der Waals surface area contributed by atoms with E-state index in [1.54, 1.807) is 55.0 Å². The Kier molecular flexibility index (Phi) is 5.75. The second-order valence-electron chi connectivity index (χ2n) is 6.93. The van der Waals surface area contributed by atoms with Crippen molar-refractivity contribution >= 4 is 23.7 Å². The van der Waals surface area contributed by atoms with E-state index in [0.717, 1.165) is 5.56 Å². The number of pyridine rings is 1. The Bertz CT molecular complexity index is 1140. The van der Waals surface area contributed by atoms with Gasteiger partial charge in [0.15, 0.2) is 11.5 Å². The number of nitrogens with zero attached hydrogens (tertiary/aromatic N) is 3. The summed E-state index contributed by atoms with van der Waals surface area (Å²) in [7, 11) is 3.03. The van der Waals surface area contributed by atoms with E-state index in [2.05, 4.69) is 9.98 Å². The van der Waals surface area contributed by atoms with E-state index in [9.17, 15) is 9.59 Å². The molecule has 31 heavy (non-hydrogen) atoms. The monoisotopic (exact) mass is 415 g/mol. The molecule has 7 heteroatoms. The predicted molar refractivity (Wildman–Crippen MR) is 117 cm³/mol. The molecule has 0 bridgehead atoms. The lowest BCUT2D eigenvalue weighted by Crippen LogP contribution is -2.45. The van der Waals surface area contributed by atoms with Crippen LogP contribution in [0, 0.1) is 0 Å². The van der Waals surface area contributed by atoms with Gasteiger partial charge in [-0.25, -0.2) is 4.90 Å². The molecule has 1 aliphatic rings. The first kappa shape index (κ1) is 20.3. The van der Waals surface area contributed by atoms with Gasteiger partial charge in [-0.2, -0.15) is 0 Å². The van der Waals surface area contributed by atoms with E-state index < -0.39 is 5.92 Å². The minimum Gasteiger partial charge on any atom is -0.493 e. The highest BCUT2D eigenvalue weighted by Crippen LogP contribution is 2.36. The van der Waals surface area contributed by atoms with Crippen LogP contribution in [0.1, 0.15) is 27.4 Å². The number of hydrogen-bond acceptors (Lipinski definition) is 6. The topological polar surface area (TPSA) is 81.1 Å². The molecule has 3 aromatic rings. The number of anilines is 1. The minimum absolute atomic E-state index is 0.366. The number of aromatic nitrogens is 1. The van der Waals surface area contributed by atoms with Crippen molar-refractivity contribution < 1.29 is 19.1 Å². The molecular formula is C24H21N3O4. The molecule has 0 fully saturated rings. The van der Waals surface area contributed by atoms with Crippen molar-refractivity contribution in [2.75, 3.05) is 19.1 Å². The van der Waals surface area contributed by atoms with Crippen LogP contribution < -0.4 is 14.4 Å². The van der Waals surface area contributed by atoms with Gasteiger partial charge in [-0.15, -0.1) is 0 Å². The molecule has 156 valence electrons. The van der Waals surface area contributed by atoms with Gasteiger partial charge in [-0.1, -0.05) is 18.2 Å². The van der Waals surface area contributed by atoms with Gasteiger partial charge in [0.25, 0.3) is 5.91 Å². The number of ether oxygens (including phenoxy) is 2. The second kappa shape index (κ2) is 8.79. The summed E-state index contributed by atoms with van der Waals surface area (Å²) in [4.78, 5) is 36.3. The number of amides is 2. The summed E-state index contributed by atoms with van der Waals surface area (Å²) in [6, 6.07) is 15.8. The maximum atomic E-state index is 13.4. The first-order valence-electron chi connectivity index (χ1n) is 9.72. The Labute approximate surface area is 180 Å². The third-order valence-corrected chi connectivity index (χ3v) is 5.12. The first-order chi connectivity index (χ1) is 15.1. The SMILES string of the molecule is COc1ccc(N2C(=O)c3ccccc3[C@@H](C=NCc3ccncc3)C2=O)cc1OC. The summed E-state index contributed by atoms with van der Waals surface area (Å²) >= 11 is 0. The van der Waals surface area contributed by atoms with Crippen LogP contribution in [-0.2, 0) is 11.3 Å². The van der Waals surface area contributed by atoms with Crippen LogP contribution in [0.5, 0.6) is 11.5 Å². The molecule has 1 atom stereocenters. The van der Waals surface area contributed by atoms with Crippen LogP contribution in [-0.4, -0.2) is 37.2 Å². The number of fused-ring (bicyclic) bond motifs is 1. The highest BCUT2D eigenvalue weighted by Gasteiger charge is 2.39. The molecule has 0 unspecified atom stereocenters. The maximum absolute atomic E-state index is 13.4. The van der Waals surface area contributed by atoms with Crippen LogP contribution in [0.4, 0.5) is 5.69 Å². The van der Waals surface area contributed by atoms with E-state index in [1.807, 2.05) is 18.2 Å². The number of imide groups is 1. The van der Waals surface area contributed by atoms with Gasteiger partial charge in [0.2, 0.25) is 5.91 Å². The quantitative estimate of drug-likeness (QED) is 0.454. The summed E-state index contributed by atoms with van der Waals surface area (Å²) in [6.07, 6.45) is 5.01. The summed E-state index contributed by atoms with van der Waals surface area (Å²) < 4.78 is 10.6. The number of benzene rings is 2. The van der Waals surface area contributed by atoms with Crippen LogP contribution in [0.15, 0.2) is 72.0 Å². The number of carbonyl (C=O) groups is 2. The zero-order valence-corrected chi connectivity index (χ0v) is 17.2. The van der Waals surface area contributed by atoms with Gasteiger partial charge in [0.05, 0.1) is 32.4 Å². The Hall–Kier alpha value is -4.00. The fraction of sp³-hybridized carbons (Fsp3) is 0.167. The molecule has 7 nitrogen and oxygen atoms in total. The van der Waals surface area contributed by atoms with Crippen molar-refractivity contribution in [3.8, 4) is 11.5 Å². The van der Waals surface area contributed by atoms with Gasteiger partial charge < -0.3 is 9.47 Å². The maximum Gasteiger partial charge on any atom is 0.265 e. The van der Waals surface area contributed by atoms with Gasteiger partial charge >= 0.3 is 0 Å². The highest BCUT2D eigenvalue weighted by atomic mass is 16.5. The van der Waals surface area contributed by atoms with Crippen LogP contribution in [0.3, 0.4) is 0 Å². The van der Waals surface area contributed by atoms with Gasteiger partial charge in [-0.05, 0) is 41.5 Å². The van der Waals surface area contributed by atoms with Crippen molar-refractivity contribution in [1.82, 2.24) is 4.98 Å². The Morgan fingerprint density at radius 2 is 1.74 bits per heavy atom. The molecule has 0 saturated heterocycles. The molecule has 0 N–H and O–H groups in total. The van der Waals surface area contributed by atoms with Crippen molar-refractivity contribution in [2.24, 2.45) is 4.99 Å². The molecule has 2 heterocycles. The molecule has 0 saturated carbocycles. The lowest BCUT2D eigenvalue weighted by molar-refractivity contribution is -0.118. The second-order valence-corrected chi connectivity index (χ2v) is 6.93. The number of methoxy groups -OCH3 is 2. The van der Waals surface area contributed by atoms with Crippen molar-refractivity contribution in [2.45, 2.75) is 12.5 Å². The normalized spacial score (nSPS) is 15.8. The fourth-order valence-corrected chi connectivity index (χ4v) is 3.56. The van der Waals surface area contributed by atoms with E-state index in [1.165, 1.54) is 19.1 Å². The number of hydrogen-bond donors (Lipinski definition) is 0. The van der Waals surface area contributed by atoms with Crippen LogP contribution in [0.2, 0.25) is 0 Å². The lowest BCUT2D eigenvalue weighted by Gasteiger charge is -2.31. The third kappa shape index (κ3) is 3.90. The van der Waals surface area contributed by atoms with Gasteiger partial charge in [0.1, 0.15) is 0 Å². The first-order valence-corrected chi connectivity index (χ1v) is 9.72. The Morgan fingerprint density at radius 3 is 2.48 bits per heavy atom. The number of carbonyl (C=O) groups excluding carboxylic acids is 2. The van der Waals surface area contributed by atoms with Crippen LogP contribution >= 0.6 is 0 Å². The molecule has 2 amide bonds. The average Bonchev–Trinajstić information content (AvgIpc) is 2.82. The number of aliphatic imine (C=N–C) groups is 1. The Morgan fingerprint density at radius 1 is 1.00 bits per heavy atom. The predicted octanol–water partition coefficient (Wildman–Crippen LogP) is 3.64. The van der Waals surface area contributed by atoms with E-state index in [0.29, 0.717) is 34.9 Å². The summed E-state index contributed by atoms with van der Waals surface area (Å²) in [5, 5.41) is 0. The standard InChI is InChI=1S/C24H21N3O4/c1-30-21-8-7-17(13-22(21)31-2)27-23(28)19-6-4-3-5-18(19)20(24(27)29)15-26-14-16-9-11-25-12-10-16/h3-13,15,20H,14H2,1-2H3/t20-/m1/s1. The molecule has 0 spiro atoms. The van der Waals surface area contributed by atoms with Gasteiger partial charge in [0, 0.05) is 30.2 Å². The van der Waals surface area contributed by atoms with E-state index in [4.69, 9.17) is 9.47 Å². The summed E-state index contributed by atoms with van der Waals surface area (Å²) in [6.45, 7) is 0.415. The Balaban J connectivity index is 1.72. The molecule has 0 aliphatic carbocycles. The molecule has 1 aromatic heterocycles. The third-order valence-electron chi connectivity index (χ3n) is 5.12. The highest BCUT2D eigenvalue weighted by molar-refractivity contribution is 6.29. The molecule has 2 aromatic carbocycles. The van der Waals surface area contributed by atoms with Crippen molar-refractivity contribution in [1.29, 1.82) is 0 Å². The van der Waals surface area contributed by atoms with E-state index >= 15 is 0 Å². The molecule has 0 radical (unpaired) electrons. The van der Waals surface area contributed by atoms with E-state index in [-0.39, 0.29) is 11.8 Å². The van der Waals surface area contributed by atoms with Crippen molar-refractivity contribution in [3.63, 3.8) is 0 Å². The summed E-state index contributed by atoms with van der Waals surface area (Å²) in [5.74, 6) is -0.480. The zero-order valence-electron chi connectivity index (χ0n) is 17.2. The molecule has 1 aliphatic heterocycles. The smallest absolute Gasteiger partial charge is 0.265 e. The molecular weight excluding hydrogens is 394 g/mol. The fourth-order valence-electron chi connectivity index (χ4n) is 3.56. The van der Waals surface area contributed by atoms with Crippen LogP contribution in [0.25, 0.3) is 0 Å². The largest absolute Gasteiger partial charge is 0.493 e. The summed E-state index contributed by atoms with van der Waals surface area (Å²) in [5.41, 5.74) is 2.51. The van der Waals surface area contributed by atoms with Gasteiger partial charge in [-0.3, -0.25) is 19.6 Å². The zero-order chi connectivity index (χ0) is 21.8. The van der Waals surface area contributed by atoms with Crippen molar-refractivity contribution in [3.05, 3.63) is 83.7 Å². The number of rotatable bonds is 6. The molecule has 4 rings (SSSR count).